The number of hydrogen-bond donors (Lipinski definition) is 1. The number of para-hydroxylation sites is 1. The summed E-state index contributed by atoms with van der Waals surface area (Å²) in [5.74, 6) is 1.28. The summed E-state index contributed by atoms with van der Waals surface area (Å²) in [5, 5.41) is 15.3. The summed E-state index contributed by atoms with van der Waals surface area (Å²) in [6, 6.07) is 13.3. The van der Waals surface area contributed by atoms with E-state index in [1.807, 2.05) is 53.1 Å². The molecule has 8 heteroatoms. The van der Waals surface area contributed by atoms with Gasteiger partial charge in [0.25, 0.3) is 5.91 Å². The van der Waals surface area contributed by atoms with Gasteiger partial charge in [0.05, 0.1) is 12.8 Å². The molecule has 144 valence electrons. The van der Waals surface area contributed by atoms with Gasteiger partial charge in [-0.3, -0.25) is 9.20 Å². The molecule has 2 aromatic heterocycles. The standard InChI is InChI=1S/C20H21N5O3/c1-20(13-15(24-28-20)14-7-3-4-8-16(14)27-2)19(26)21-11-10-18-23-22-17-9-5-6-12-25(17)18/h3-9,12H,10-11,13H2,1-2H3,(H,21,26). The molecule has 28 heavy (non-hydrogen) atoms. The summed E-state index contributed by atoms with van der Waals surface area (Å²) in [6.07, 6.45) is 2.83. The Labute approximate surface area is 162 Å². The van der Waals surface area contributed by atoms with Crippen molar-refractivity contribution < 1.29 is 14.4 Å². The molecule has 0 aliphatic carbocycles. The zero-order valence-corrected chi connectivity index (χ0v) is 15.8. The Hall–Kier alpha value is -3.42. The first-order valence-corrected chi connectivity index (χ1v) is 9.06. The molecular formula is C20H21N5O3. The van der Waals surface area contributed by atoms with Crippen LogP contribution in [0, 0.1) is 0 Å². The van der Waals surface area contributed by atoms with E-state index < -0.39 is 5.60 Å². The van der Waals surface area contributed by atoms with Gasteiger partial charge in [0.2, 0.25) is 5.60 Å². The van der Waals surface area contributed by atoms with Gasteiger partial charge >= 0.3 is 0 Å². The van der Waals surface area contributed by atoms with E-state index in [1.54, 1.807) is 14.0 Å². The van der Waals surface area contributed by atoms with Crippen LogP contribution >= 0.6 is 0 Å². The maximum absolute atomic E-state index is 12.7. The van der Waals surface area contributed by atoms with Crippen LogP contribution in [0.15, 0.2) is 53.8 Å². The Kier molecular flexibility index (Phi) is 4.68. The average Bonchev–Trinajstić information content (AvgIpc) is 3.33. The second-order valence-corrected chi connectivity index (χ2v) is 6.79. The van der Waals surface area contributed by atoms with Crippen LogP contribution < -0.4 is 10.1 Å². The molecule has 0 saturated carbocycles. The summed E-state index contributed by atoms with van der Waals surface area (Å²) < 4.78 is 7.28. The summed E-state index contributed by atoms with van der Waals surface area (Å²) >= 11 is 0. The van der Waals surface area contributed by atoms with Gasteiger partial charge in [0.15, 0.2) is 5.65 Å². The highest BCUT2D eigenvalue weighted by atomic mass is 16.7. The van der Waals surface area contributed by atoms with Crippen molar-refractivity contribution in [3.63, 3.8) is 0 Å². The van der Waals surface area contributed by atoms with Crippen molar-refractivity contribution in [2.75, 3.05) is 13.7 Å². The van der Waals surface area contributed by atoms with Crippen molar-refractivity contribution in [2.45, 2.75) is 25.4 Å². The fourth-order valence-corrected chi connectivity index (χ4v) is 3.23. The van der Waals surface area contributed by atoms with Gasteiger partial charge in [0, 0.05) is 31.1 Å². The summed E-state index contributed by atoms with van der Waals surface area (Å²) in [5.41, 5.74) is 1.25. The van der Waals surface area contributed by atoms with Crippen LogP contribution in [0.5, 0.6) is 5.75 Å². The highest BCUT2D eigenvalue weighted by Crippen LogP contribution is 2.30. The molecule has 1 aromatic carbocycles. The lowest BCUT2D eigenvalue weighted by atomic mass is 9.94. The zero-order valence-electron chi connectivity index (χ0n) is 15.8. The van der Waals surface area contributed by atoms with Gasteiger partial charge in [-0.05, 0) is 31.2 Å². The van der Waals surface area contributed by atoms with E-state index in [-0.39, 0.29) is 5.91 Å². The second-order valence-electron chi connectivity index (χ2n) is 6.79. The number of nitrogens with zero attached hydrogens (tertiary/aromatic N) is 4. The molecule has 1 atom stereocenters. The molecule has 1 aliphatic rings. The maximum atomic E-state index is 12.7. The van der Waals surface area contributed by atoms with Crippen LogP contribution in [0.2, 0.25) is 0 Å². The quantitative estimate of drug-likeness (QED) is 0.707. The van der Waals surface area contributed by atoms with E-state index >= 15 is 0 Å². The lowest BCUT2D eigenvalue weighted by Crippen LogP contribution is -2.45. The Balaban J connectivity index is 1.37. The predicted octanol–water partition coefficient (Wildman–Crippen LogP) is 1.98. The van der Waals surface area contributed by atoms with Gasteiger partial charge < -0.3 is 14.9 Å². The largest absolute Gasteiger partial charge is 0.496 e. The van der Waals surface area contributed by atoms with Crippen molar-refractivity contribution in [3.05, 3.63) is 60.0 Å². The van der Waals surface area contributed by atoms with Crippen molar-refractivity contribution in [1.29, 1.82) is 0 Å². The van der Waals surface area contributed by atoms with Gasteiger partial charge in [-0.15, -0.1) is 10.2 Å². The number of nitrogens with one attached hydrogen (secondary N) is 1. The van der Waals surface area contributed by atoms with Gasteiger partial charge in [0.1, 0.15) is 11.6 Å². The van der Waals surface area contributed by atoms with E-state index in [9.17, 15) is 4.79 Å². The molecule has 3 heterocycles. The number of methoxy groups -OCH3 is 1. The topological polar surface area (TPSA) is 90.1 Å². The number of ether oxygens (including phenoxy) is 1. The minimum atomic E-state index is -1.05. The first kappa shape index (κ1) is 18.0. The van der Waals surface area contributed by atoms with Crippen molar-refractivity contribution in [2.24, 2.45) is 5.16 Å². The number of fused-ring (bicyclic) bond motifs is 1. The number of aromatic nitrogens is 3. The minimum Gasteiger partial charge on any atom is -0.496 e. The third-order valence-corrected chi connectivity index (χ3v) is 4.78. The molecule has 0 spiro atoms. The van der Waals surface area contributed by atoms with Crippen LogP contribution in [0.4, 0.5) is 0 Å². The molecule has 4 rings (SSSR count). The SMILES string of the molecule is COc1ccccc1C1=NOC(C)(C(=O)NCCc2nnc3ccccn23)C1. The predicted molar refractivity (Wildman–Crippen MR) is 103 cm³/mol. The summed E-state index contributed by atoms with van der Waals surface area (Å²) in [4.78, 5) is 18.2. The number of hydrogen-bond acceptors (Lipinski definition) is 6. The third-order valence-electron chi connectivity index (χ3n) is 4.78. The normalized spacial score (nSPS) is 18.6. The molecule has 1 aliphatic heterocycles. The number of rotatable bonds is 6. The number of oxime groups is 1. The molecule has 0 saturated heterocycles. The second kappa shape index (κ2) is 7.30. The third kappa shape index (κ3) is 3.28. The van der Waals surface area contributed by atoms with Gasteiger partial charge in [-0.2, -0.15) is 0 Å². The number of carbonyl (C=O) groups excluding carboxylic acids is 1. The number of benzene rings is 1. The number of pyridine rings is 1. The van der Waals surface area contributed by atoms with Crippen LogP contribution in [-0.4, -0.2) is 45.5 Å². The average molecular weight is 379 g/mol. The van der Waals surface area contributed by atoms with Crippen LogP contribution in [0.3, 0.4) is 0 Å². The van der Waals surface area contributed by atoms with E-state index in [2.05, 4.69) is 20.7 Å². The smallest absolute Gasteiger partial charge is 0.267 e. The van der Waals surface area contributed by atoms with E-state index in [0.717, 1.165) is 17.0 Å². The molecule has 0 fully saturated rings. The van der Waals surface area contributed by atoms with Gasteiger partial charge in [-0.1, -0.05) is 23.4 Å². The fraction of sp³-hybridized carbons (Fsp3) is 0.300. The molecule has 3 aromatic rings. The Morgan fingerprint density at radius 2 is 2.07 bits per heavy atom. The van der Waals surface area contributed by atoms with Crippen LogP contribution in [-0.2, 0) is 16.1 Å². The number of carbonyl (C=O) groups is 1. The van der Waals surface area contributed by atoms with Gasteiger partial charge in [-0.25, -0.2) is 0 Å². The first-order chi connectivity index (χ1) is 13.6. The molecule has 1 amide bonds. The van der Waals surface area contributed by atoms with E-state index in [4.69, 9.17) is 9.57 Å². The van der Waals surface area contributed by atoms with E-state index in [1.165, 1.54) is 0 Å². The number of amides is 1. The van der Waals surface area contributed by atoms with E-state index in [0.29, 0.717) is 30.8 Å². The molecule has 1 unspecified atom stereocenters. The van der Waals surface area contributed by atoms with Crippen molar-refractivity contribution >= 4 is 17.3 Å². The van der Waals surface area contributed by atoms with Crippen LogP contribution in [0.25, 0.3) is 5.65 Å². The fourth-order valence-electron chi connectivity index (χ4n) is 3.23. The Morgan fingerprint density at radius 3 is 2.93 bits per heavy atom. The summed E-state index contributed by atoms with van der Waals surface area (Å²) in [7, 11) is 1.61. The first-order valence-electron chi connectivity index (χ1n) is 9.06. The lowest BCUT2D eigenvalue weighted by molar-refractivity contribution is -0.141. The molecule has 0 radical (unpaired) electrons. The molecule has 0 bridgehead atoms. The zero-order chi connectivity index (χ0) is 19.6. The Morgan fingerprint density at radius 1 is 1.25 bits per heavy atom. The Bertz CT molecular complexity index is 1050. The highest BCUT2D eigenvalue weighted by Gasteiger charge is 2.42. The monoisotopic (exact) mass is 379 g/mol. The minimum absolute atomic E-state index is 0.213. The molecular weight excluding hydrogens is 358 g/mol. The summed E-state index contributed by atoms with van der Waals surface area (Å²) in [6.45, 7) is 2.16. The lowest BCUT2D eigenvalue weighted by Gasteiger charge is -2.20. The highest BCUT2D eigenvalue weighted by molar-refractivity contribution is 6.07. The maximum Gasteiger partial charge on any atom is 0.267 e. The molecule has 1 N–H and O–H groups in total. The molecule has 8 nitrogen and oxygen atoms in total. The van der Waals surface area contributed by atoms with Crippen molar-refractivity contribution in [1.82, 2.24) is 19.9 Å². The van der Waals surface area contributed by atoms with Crippen LogP contribution in [0.1, 0.15) is 24.7 Å². The van der Waals surface area contributed by atoms with Crippen molar-refractivity contribution in [3.8, 4) is 5.75 Å².